The van der Waals surface area contributed by atoms with Gasteiger partial charge in [0.15, 0.2) is 0 Å². The molecule has 2 N–H and O–H groups in total. The van der Waals surface area contributed by atoms with Crippen molar-refractivity contribution in [3.63, 3.8) is 0 Å². The van der Waals surface area contributed by atoms with Gasteiger partial charge in [0.05, 0.1) is 5.69 Å². The number of hydrogen-bond donors (Lipinski definition) is 2. The highest BCUT2D eigenvalue weighted by Crippen LogP contribution is 2.22. The SMILES string of the molecule is CCN(CC)c1ccc(NC(=O)c2cc(Nc3ccc(F)cc3F)ccn2)cc1. The third kappa shape index (κ3) is 5.07. The standard InChI is InChI=1S/C22H22F2N4O/c1-3-28(4-2)18-8-6-16(7-9-18)27-22(29)21-14-17(11-12-25-21)26-20-10-5-15(23)13-19(20)24/h5-14H,3-4H2,1-2H3,(H,25,26)(H,27,29). The van der Waals surface area contributed by atoms with Gasteiger partial charge in [-0.2, -0.15) is 0 Å². The predicted octanol–water partition coefficient (Wildman–Crippen LogP) is 5.20. The molecule has 0 radical (unpaired) electrons. The summed E-state index contributed by atoms with van der Waals surface area (Å²) in [4.78, 5) is 18.8. The van der Waals surface area contributed by atoms with E-state index in [2.05, 4.69) is 34.4 Å². The molecular formula is C22H22F2N4O. The molecule has 29 heavy (non-hydrogen) atoms. The number of nitrogens with one attached hydrogen (secondary N) is 2. The second-order valence-corrected chi connectivity index (χ2v) is 6.35. The zero-order chi connectivity index (χ0) is 20.8. The van der Waals surface area contributed by atoms with Gasteiger partial charge < -0.3 is 15.5 Å². The van der Waals surface area contributed by atoms with Gasteiger partial charge in [0.2, 0.25) is 0 Å². The van der Waals surface area contributed by atoms with E-state index in [4.69, 9.17) is 0 Å². The lowest BCUT2D eigenvalue weighted by Crippen LogP contribution is -2.21. The molecule has 0 aliphatic carbocycles. The zero-order valence-electron chi connectivity index (χ0n) is 16.2. The number of aromatic nitrogens is 1. The molecule has 3 rings (SSSR count). The van der Waals surface area contributed by atoms with E-state index < -0.39 is 11.6 Å². The van der Waals surface area contributed by atoms with Gasteiger partial charge in [0.1, 0.15) is 17.3 Å². The Hall–Kier alpha value is -3.48. The number of amides is 1. The highest BCUT2D eigenvalue weighted by Gasteiger charge is 2.11. The number of benzene rings is 2. The van der Waals surface area contributed by atoms with Gasteiger partial charge in [-0.3, -0.25) is 9.78 Å². The molecule has 5 nitrogen and oxygen atoms in total. The topological polar surface area (TPSA) is 57.3 Å². The summed E-state index contributed by atoms with van der Waals surface area (Å²) < 4.78 is 26.9. The van der Waals surface area contributed by atoms with Crippen LogP contribution in [0.25, 0.3) is 0 Å². The van der Waals surface area contributed by atoms with Crippen LogP contribution < -0.4 is 15.5 Å². The molecule has 0 fully saturated rings. The van der Waals surface area contributed by atoms with Crippen molar-refractivity contribution in [2.75, 3.05) is 28.6 Å². The molecule has 1 amide bonds. The van der Waals surface area contributed by atoms with E-state index in [1.54, 1.807) is 6.07 Å². The second-order valence-electron chi connectivity index (χ2n) is 6.35. The fraction of sp³-hybridized carbons (Fsp3) is 0.182. The van der Waals surface area contributed by atoms with Crippen LogP contribution in [-0.4, -0.2) is 24.0 Å². The van der Waals surface area contributed by atoms with Crippen LogP contribution in [0.1, 0.15) is 24.3 Å². The maximum absolute atomic E-state index is 13.8. The summed E-state index contributed by atoms with van der Waals surface area (Å²) in [5, 5.41) is 5.62. The van der Waals surface area contributed by atoms with Gasteiger partial charge in [-0.05, 0) is 62.4 Å². The lowest BCUT2D eigenvalue weighted by Gasteiger charge is -2.21. The van der Waals surface area contributed by atoms with E-state index in [0.29, 0.717) is 11.4 Å². The largest absolute Gasteiger partial charge is 0.372 e. The lowest BCUT2D eigenvalue weighted by molar-refractivity contribution is 0.102. The number of carbonyl (C=O) groups excluding carboxylic acids is 1. The molecule has 150 valence electrons. The summed E-state index contributed by atoms with van der Waals surface area (Å²) in [6, 6.07) is 13.9. The summed E-state index contributed by atoms with van der Waals surface area (Å²) in [6.07, 6.45) is 1.45. The number of rotatable bonds is 7. The van der Waals surface area contributed by atoms with Crippen molar-refractivity contribution in [2.45, 2.75) is 13.8 Å². The first-order valence-corrected chi connectivity index (χ1v) is 9.34. The Labute approximate surface area is 168 Å². The molecule has 3 aromatic rings. The maximum Gasteiger partial charge on any atom is 0.274 e. The number of pyridine rings is 1. The number of nitrogens with zero attached hydrogens (tertiary/aromatic N) is 2. The number of anilines is 4. The van der Waals surface area contributed by atoms with Crippen LogP contribution in [0.15, 0.2) is 60.8 Å². The van der Waals surface area contributed by atoms with Crippen molar-refractivity contribution >= 4 is 28.7 Å². The third-order valence-corrected chi connectivity index (χ3v) is 4.46. The van der Waals surface area contributed by atoms with Gasteiger partial charge in [0.25, 0.3) is 5.91 Å². The van der Waals surface area contributed by atoms with E-state index >= 15 is 0 Å². The first kappa shape index (κ1) is 20.3. The van der Waals surface area contributed by atoms with Crippen LogP contribution in [0.3, 0.4) is 0 Å². The number of halogens is 2. The van der Waals surface area contributed by atoms with Crippen molar-refractivity contribution in [2.24, 2.45) is 0 Å². The maximum atomic E-state index is 13.8. The highest BCUT2D eigenvalue weighted by atomic mass is 19.1. The van der Waals surface area contributed by atoms with Crippen molar-refractivity contribution < 1.29 is 13.6 Å². The number of carbonyl (C=O) groups is 1. The van der Waals surface area contributed by atoms with E-state index in [1.807, 2.05) is 24.3 Å². The molecule has 0 aliphatic heterocycles. The average Bonchev–Trinajstić information content (AvgIpc) is 2.72. The summed E-state index contributed by atoms with van der Waals surface area (Å²) in [5.41, 5.74) is 2.48. The van der Waals surface area contributed by atoms with Gasteiger partial charge in [0, 0.05) is 42.4 Å². The lowest BCUT2D eigenvalue weighted by atomic mass is 10.2. The molecule has 0 atom stereocenters. The zero-order valence-corrected chi connectivity index (χ0v) is 16.2. The summed E-state index contributed by atoms with van der Waals surface area (Å²) in [7, 11) is 0. The van der Waals surface area contributed by atoms with Gasteiger partial charge in [-0.1, -0.05) is 0 Å². The van der Waals surface area contributed by atoms with E-state index in [9.17, 15) is 13.6 Å². The third-order valence-electron chi connectivity index (χ3n) is 4.46. The fourth-order valence-electron chi connectivity index (χ4n) is 2.92. The van der Waals surface area contributed by atoms with Crippen LogP contribution in [0.4, 0.5) is 31.5 Å². The van der Waals surface area contributed by atoms with Crippen molar-refractivity contribution in [3.05, 3.63) is 78.1 Å². The fourth-order valence-corrected chi connectivity index (χ4v) is 2.92. The van der Waals surface area contributed by atoms with Crippen molar-refractivity contribution in [1.29, 1.82) is 0 Å². The van der Waals surface area contributed by atoms with Crippen molar-refractivity contribution in [1.82, 2.24) is 4.98 Å². The van der Waals surface area contributed by atoms with Crippen LogP contribution in [0, 0.1) is 11.6 Å². The summed E-state index contributed by atoms with van der Waals surface area (Å²) in [6.45, 7) is 5.98. The van der Waals surface area contributed by atoms with Crippen LogP contribution in [-0.2, 0) is 0 Å². The Bertz CT molecular complexity index is 988. The van der Waals surface area contributed by atoms with Crippen molar-refractivity contribution in [3.8, 4) is 0 Å². The molecule has 0 aliphatic rings. The first-order chi connectivity index (χ1) is 14.0. The molecule has 0 bridgehead atoms. The Morgan fingerprint density at radius 1 is 0.966 bits per heavy atom. The number of hydrogen-bond acceptors (Lipinski definition) is 4. The minimum Gasteiger partial charge on any atom is -0.372 e. The Kier molecular flexibility index (Phi) is 6.39. The molecule has 0 saturated heterocycles. The molecule has 0 saturated carbocycles. The molecule has 1 heterocycles. The summed E-state index contributed by atoms with van der Waals surface area (Å²) in [5.74, 6) is -1.76. The molecule has 2 aromatic carbocycles. The smallest absolute Gasteiger partial charge is 0.274 e. The Morgan fingerprint density at radius 3 is 2.34 bits per heavy atom. The minimum absolute atomic E-state index is 0.107. The van der Waals surface area contributed by atoms with Gasteiger partial charge in [-0.25, -0.2) is 8.78 Å². The molecule has 0 spiro atoms. The normalized spacial score (nSPS) is 10.5. The van der Waals surface area contributed by atoms with Gasteiger partial charge in [-0.15, -0.1) is 0 Å². The van der Waals surface area contributed by atoms with E-state index in [-0.39, 0.29) is 17.3 Å². The molecule has 1 aromatic heterocycles. The highest BCUT2D eigenvalue weighted by molar-refractivity contribution is 6.03. The van der Waals surface area contributed by atoms with Crippen LogP contribution in [0.2, 0.25) is 0 Å². The van der Waals surface area contributed by atoms with Crippen LogP contribution in [0.5, 0.6) is 0 Å². The monoisotopic (exact) mass is 396 g/mol. The van der Waals surface area contributed by atoms with E-state index in [0.717, 1.165) is 30.9 Å². The van der Waals surface area contributed by atoms with Crippen LogP contribution >= 0.6 is 0 Å². The predicted molar refractivity (Wildman–Crippen MR) is 112 cm³/mol. The molecule has 7 heteroatoms. The summed E-state index contributed by atoms with van der Waals surface area (Å²) >= 11 is 0. The molecular weight excluding hydrogens is 374 g/mol. The van der Waals surface area contributed by atoms with Gasteiger partial charge >= 0.3 is 0 Å². The second kappa shape index (κ2) is 9.14. The molecule has 0 unspecified atom stereocenters. The quantitative estimate of drug-likeness (QED) is 0.576. The Balaban J connectivity index is 1.70. The van der Waals surface area contributed by atoms with E-state index in [1.165, 1.54) is 18.3 Å². The average molecular weight is 396 g/mol. The Morgan fingerprint density at radius 2 is 1.69 bits per heavy atom. The minimum atomic E-state index is -0.721. The first-order valence-electron chi connectivity index (χ1n) is 9.34.